The molecule has 16 heavy (non-hydrogen) atoms. The van der Waals surface area contributed by atoms with Crippen molar-refractivity contribution in [2.45, 2.75) is 13.0 Å². The van der Waals surface area contributed by atoms with Gasteiger partial charge in [0.05, 0.1) is 0 Å². The monoisotopic (exact) mass is 218 g/mol. The summed E-state index contributed by atoms with van der Waals surface area (Å²) in [6.45, 7) is 2.27. The smallest absolute Gasteiger partial charge is 0.287 e. The second-order valence-electron chi connectivity index (χ2n) is 3.84. The van der Waals surface area contributed by atoms with Gasteiger partial charge in [0.2, 0.25) is 0 Å². The molecule has 3 N–H and O–H groups in total. The zero-order valence-electron chi connectivity index (χ0n) is 9.07. The highest BCUT2D eigenvalue weighted by atomic mass is 16.3. The number of fused-ring (bicyclic) bond motifs is 1. The van der Waals surface area contributed by atoms with Gasteiger partial charge in [-0.25, -0.2) is 0 Å². The van der Waals surface area contributed by atoms with E-state index in [9.17, 15) is 4.79 Å². The maximum absolute atomic E-state index is 11.7. The molecule has 4 nitrogen and oxygen atoms in total. The molecule has 2 aromatic rings. The molecule has 1 heterocycles. The lowest BCUT2D eigenvalue weighted by Gasteiger charge is -2.05. The van der Waals surface area contributed by atoms with E-state index in [1.54, 1.807) is 6.07 Å². The molecule has 0 saturated heterocycles. The second kappa shape index (κ2) is 4.37. The fourth-order valence-electron chi connectivity index (χ4n) is 1.43. The number of benzene rings is 1. The quantitative estimate of drug-likeness (QED) is 0.820. The molecule has 0 aliphatic carbocycles. The average Bonchev–Trinajstić information content (AvgIpc) is 2.69. The fraction of sp³-hybridized carbons (Fsp3) is 0.250. The van der Waals surface area contributed by atoms with E-state index in [0.717, 1.165) is 5.39 Å². The first-order valence-electron chi connectivity index (χ1n) is 5.19. The Morgan fingerprint density at radius 3 is 2.94 bits per heavy atom. The minimum atomic E-state index is -0.228. The number of carbonyl (C=O) groups excluding carboxylic acids is 1. The first-order valence-corrected chi connectivity index (χ1v) is 5.19. The van der Waals surface area contributed by atoms with Crippen molar-refractivity contribution in [1.82, 2.24) is 5.32 Å². The lowest BCUT2D eigenvalue weighted by Crippen LogP contribution is -2.34. The molecular weight excluding hydrogens is 204 g/mol. The molecule has 1 aromatic heterocycles. The number of furan rings is 1. The molecule has 0 bridgehead atoms. The summed E-state index contributed by atoms with van der Waals surface area (Å²) in [4.78, 5) is 11.7. The first kappa shape index (κ1) is 10.7. The lowest BCUT2D eigenvalue weighted by molar-refractivity contribution is 0.0926. The number of nitrogens with one attached hydrogen (secondary N) is 1. The van der Waals surface area contributed by atoms with E-state index in [1.165, 1.54) is 0 Å². The van der Waals surface area contributed by atoms with Crippen molar-refractivity contribution in [1.29, 1.82) is 0 Å². The zero-order valence-corrected chi connectivity index (χ0v) is 9.07. The van der Waals surface area contributed by atoms with E-state index in [2.05, 4.69) is 5.32 Å². The second-order valence-corrected chi connectivity index (χ2v) is 3.84. The van der Waals surface area contributed by atoms with Crippen LogP contribution in [-0.4, -0.2) is 18.5 Å². The summed E-state index contributed by atoms with van der Waals surface area (Å²) in [5.41, 5.74) is 6.26. The van der Waals surface area contributed by atoms with Crippen LogP contribution in [0.25, 0.3) is 11.0 Å². The van der Waals surface area contributed by atoms with E-state index in [-0.39, 0.29) is 11.9 Å². The van der Waals surface area contributed by atoms with Crippen LogP contribution >= 0.6 is 0 Å². The van der Waals surface area contributed by atoms with E-state index in [1.807, 2.05) is 31.2 Å². The maximum Gasteiger partial charge on any atom is 0.287 e. The summed E-state index contributed by atoms with van der Waals surface area (Å²) >= 11 is 0. The van der Waals surface area contributed by atoms with Crippen LogP contribution in [0.15, 0.2) is 34.7 Å². The third kappa shape index (κ3) is 2.23. The number of rotatable bonds is 3. The van der Waals surface area contributed by atoms with Gasteiger partial charge in [0, 0.05) is 18.0 Å². The van der Waals surface area contributed by atoms with Gasteiger partial charge in [-0.15, -0.1) is 0 Å². The summed E-state index contributed by atoms with van der Waals surface area (Å²) in [6, 6.07) is 9.18. The van der Waals surface area contributed by atoms with Gasteiger partial charge in [0.15, 0.2) is 5.76 Å². The third-order valence-corrected chi connectivity index (χ3v) is 2.23. The Kier molecular flexibility index (Phi) is 2.92. The highest BCUT2D eigenvalue weighted by molar-refractivity contribution is 5.96. The number of nitrogens with two attached hydrogens (primary N) is 1. The predicted octanol–water partition coefficient (Wildman–Crippen LogP) is 1.51. The largest absolute Gasteiger partial charge is 0.451 e. The van der Waals surface area contributed by atoms with Crippen LogP contribution < -0.4 is 11.1 Å². The molecule has 0 saturated carbocycles. The Morgan fingerprint density at radius 1 is 1.50 bits per heavy atom. The molecule has 4 heteroatoms. The zero-order chi connectivity index (χ0) is 11.5. The molecule has 1 unspecified atom stereocenters. The van der Waals surface area contributed by atoms with Crippen LogP contribution in [0, 0.1) is 0 Å². The van der Waals surface area contributed by atoms with Gasteiger partial charge in [-0.1, -0.05) is 18.2 Å². The number of hydrogen-bond donors (Lipinski definition) is 2. The van der Waals surface area contributed by atoms with E-state index >= 15 is 0 Å². The van der Waals surface area contributed by atoms with Crippen molar-refractivity contribution in [3.8, 4) is 0 Å². The maximum atomic E-state index is 11.7. The fourth-order valence-corrected chi connectivity index (χ4v) is 1.43. The van der Waals surface area contributed by atoms with Gasteiger partial charge in [-0.05, 0) is 19.1 Å². The molecule has 1 aromatic carbocycles. The van der Waals surface area contributed by atoms with Gasteiger partial charge < -0.3 is 15.5 Å². The van der Waals surface area contributed by atoms with Gasteiger partial charge in [0.25, 0.3) is 5.91 Å². The normalized spacial score (nSPS) is 12.6. The van der Waals surface area contributed by atoms with Crippen molar-refractivity contribution in [2.24, 2.45) is 5.73 Å². The summed E-state index contributed by atoms with van der Waals surface area (Å²) in [6.07, 6.45) is 0. The van der Waals surface area contributed by atoms with Crippen LogP contribution in [0.3, 0.4) is 0 Å². The Hall–Kier alpha value is -1.81. The Morgan fingerprint density at radius 2 is 2.25 bits per heavy atom. The lowest BCUT2D eigenvalue weighted by atomic mass is 10.2. The number of amides is 1. The van der Waals surface area contributed by atoms with Crippen molar-refractivity contribution in [3.05, 3.63) is 36.1 Å². The summed E-state index contributed by atoms with van der Waals surface area (Å²) in [5.74, 6) is 0.0929. The van der Waals surface area contributed by atoms with Crippen LogP contribution in [0.4, 0.5) is 0 Å². The Bertz CT molecular complexity index is 469. The SMILES string of the molecule is CC(N)CNC(=O)c1cc2ccccc2o1. The first-order chi connectivity index (χ1) is 7.66. The summed E-state index contributed by atoms with van der Waals surface area (Å²) < 4.78 is 5.41. The Balaban J connectivity index is 2.17. The molecule has 2 rings (SSSR count). The van der Waals surface area contributed by atoms with Crippen molar-refractivity contribution in [3.63, 3.8) is 0 Å². The molecule has 1 atom stereocenters. The molecule has 0 fully saturated rings. The Labute approximate surface area is 93.4 Å². The summed E-state index contributed by atoms with van der Waals surface area (Å²) in [7, 11) is 0. The van der Waals surface area contributed by atoms with E-state index in [0.29, 0.717) is 17.9 Å². The molecule has 84 valence electrons. The van der Waals surface area contributed by atoms with Crippen LogP contribution in [0.5, 0.6) is 0 Å². The van der Waals surface area contributed by atoms with Crippen molar-refractivity contribution >= 4 is 16.9 Å². The van der Waals surface area contributed by atoms with Crippen molar-refractivity contribution < 1.29 is 9.21 Å². The molecule has 0 aliphatic rings. The highest BCUT2D eigenvalue weighted by Crippen LogP contribution is 2.18. The van der Waals surface area contributed by atoms with Crippen LogP contribution in [-0.2, 0) is 0 Å². The minimum Gasteiger partial charge on any atom is -0.451 e. The molecule has 0 aliphatic heterocycles. The van der Waals surface area contributed by atoms with E-state index in [4.69, 9.17) is 10.2 Å². The minimum absolute atomic E-state index is 0.0617. The topological polar surface area (TPSA) is 68.3 Å². The van der Waals surface area contributed by atoms with Gasteiger partial charge in [-0.3, -0.25) is 4.79 Å². The van der Waals surface area contributed by atoms with Crippen LogP contribution in [0.1, 0.15) is 17.5 Å². The summed E-state index contributed by atoms with van der Waals surface area (Å²) in [5, 5.41) is 3.63. The number of carbonyl (C=O) groups is 1. The van der Waals surface area contributed by atoms with E-state index < -0.39 is 0 Å². The van der Waals surface area contributed by atoms with Gasteiger partial charge >= 0.3 is 0 Å². The van der Waals surface area contributed by atoms with Crippen molar-refractivity contribution in [2.75, 3.05) is 6.54 Å². The average molecular weight is 218 g/mol. The standard InChI is InChI=1S/C12H14N2O2/c1-8(13)7-14-12(15)11-6-9-4-2-3-5-10(9)16-11/h2-6,8H,7,13H2,1H3,(H,14,15). The van der Waals surface area contributed by atoms with Gasteiger partial charge in [-0.2, -0.15) is 0 Å². The highest BCUT2D eigenvalue weighted by Gasteiger charge is 2.11. The molecular formula is C12H14N2O2. The molecule has 1 amide bonds. The molecule has 0 spiro atoms. The number of para-hydroxylation sites is 1. The van der Waals surface area contributed by atoms with Crippen LogP contribution in [0.2, 0.25) is 0 Å². The predicted molar refractivity (Wildman–Crippen MR) is 62.2 cm³/mol. The molecule has 0 radical (unpaired) electrons. The number of hydrogen-bond acceptors (Lipinski definition) is 3. The van der Waals surface area contributed by atoms with Gasteiger partial charge in [0.1, 0.15) is 5.58 Å². The third-order valence-electron chi connectivity index (χ3n) is 2.23.